The molecule has 0 spiro atoms. The number of aromatic nitrogens is 2. The van der Waals surface area contributed by atoms with Crippen molar-refractivity contribution in [1.29, 1.82) is 0 Å². The van der Waals surface area contributed by atoms with E-state index in [0.717, 1.165) is 23.5 Å². The molecule has 19 heavy (non-hydrogen) atoms. The third kappa shape index (κ3) is 3.35. The molecule has 1 aromatic heterocycles. The van der Waals surface area contributed by atoms with Crippen LogP contribution in [0.25, 0.3) is 0 Å². The first-order chi connectivity index (χ1) is 9.01. The zero-order chi connectivity index (χ0) is 14.0. The lowest BCUT2D eigenvalue weighted by Crippen LogP contribution is -2.05. The normalized spacial score (nSPS) is 10.8. The fourth-order valence-electron chi connectivity index (χ4n) is 1.75. The van der Waals surface area contributed by atoms with Gasteiger partial charge >= 0.3 is 0 Å². The highest BCUT2D eigenvalue weighted by atomic mass is 35.5. The molecule has 2 aromatic rings. The summed E-state index contributed by atoms with van der Waals surface area (Å²) in [7, 11) is 1.92. The summed E-state index contributed by atoms with van der Waals surface area (Å²) in [4.78, 5) is 0. The molecular weight excluding hydrogens is 305 g/mol. The van der Waals surface area contributed by atoms with Crippen LogP contribution < -0.4 is 5.32 Å². The molecule has 0 aliphatic carbocycles. The predicted molar refractivity (Wildman–Crippen MR) is 81.4 cm³/mol. The van der Waals surface area contributed by atoms with E-state index in [1.165, 1.54) is 0 Å². The molecule has 0 radical (unpaired) electrons. The minimum Gasteiger partial charge on any atom is -0.378 e. The number of aryl methyl sites for hydroxylation is 2. The van der Waals surface area contributed by atoms with Gasteiger partial charge in [-0.15, -0.1) is 0 Å². The Kier molecular flexibility index (Phi) is 4.61. The maximum absolute atomic E-state index is 6.11. The highest BCUT2D eigenvalue weighted by Crippen LogP contribution is 2.32. The van der Waals surface area contributed by atoms with Gasteiger partial charge < -0.3 is 5.32 Å². The van der Waals surface area contributed by atoms with Crippen molar-refractivity contribution in [3.05, 3.63) is 44.7 Å². The third-order valence-electron chi connectivity index (χ3n) is 2.86. The standard InChI is InChI=1S/C13H14Cl3N3/c1-3-8-4-9(19(2)18-8)7-17-13-6-11(15)10(14)5-12(13)16/h4-6,17H,3,7H2,1-2H3. The molecule has 0 fully saturated rings. The van der Waals surface area contributed by atoms with Crippen LogP contribution in [0.4, 0.5) is 5.69 Å². The van der Waals surface area contributed by atoms with Gasteiger partial charge in [0.25, 0.3) is 0 Å². The number of rotatable bonds is 4. The van der Waals surface area contributed by atoms with Gasteiger partial charge in [0.2, 0.25) is 0 Å². The van der Waals surface area contributed by atoms with Crippen molar-refractivity contribution in [3.63, 3.8) is 0 Å². The van der Waals surface area contributed by atoms with Crippen molar-refractivity contribution in [2.45, 2.75) is 19.9 Å². The Morgan fingerprint density at radius 1 is 1.11 bits per heavy atom. The topological polar surface area (TPSA) is 29.9 Å². The lowest BCUT2D eigenvalue weighted by Gasteiger charge is -2.09. The lowest BCUT2D eigenvalue weighted by atomic mass is 10.3. The summed E-state index contributed by atoms with van der Waals surface area (Å²) in [6.45, 7) is 2.70. The molecule has 0 atom stereocenters. The van der Waals surface area contributed by atoms with E-state index < -0.39 is 0 Å². The summed E-state index contributed by atoms with van der Waals surface area (Å²) in [6, 6.07) is 5.43. The van der Waals surface area contributed by atoms with Gasteiger partial charge in [0, 0.05) is 7.05 Å². The van der Waals surface area contributed by atoms with E-state index in [4.69, 9.17) is 34.8 Å². The second-order valence-corrected chi connectivity index (χ2v) is 5.43. The van der Waals surface area contributed by atoms with Crippen LogP contribution in [0.2, 0.25) is 15.1 Å². The van der Waals surface area contributed by atoms with E-state index >= 15 is 0 Å². The first-order valence-electron chi connectivity index (χ1n) is 5.91. The van der Waals surface area contributed by atoms with Gasteiger partial charge in [-0.1, -0.05) is 41.7 Å². The van der Waals surface area contributed by atoms with Crippen molar-refractivity contribution < 1.29 is 0 Å². The van der Waals surface area contributed by atoms with Crippen molar-refractivity contribution in [3.8, 4) is 0 Å². The van der Waals surface area contributed by atoms with E-state index in [2.05, 4.69) is 23.4 Å². The Hall–Kier alpha value is -0.900. The SMILES string of the molecule is CCc1cc(CNc2cc(Cl)c(Cl)cc2Cl)n(C)n1. The monoisotopic (exact) mass is 317 g/mol. The molecule has 3 nitrogen and oxygen atoms in total. The van der Waals surface area contributed by atoms with E-state index in [1.54, 1.807) is 12.1 Å². The molecule has 2 rings (SSSR count). The highest BCUT2D eigenvalue weighted by Gasteiger charge is 2.08. The van der Waals surface area contributed by atoms with Gasteiger partial charge in [0.15, 0.2) is 0 Å². The second kappa shape index (κ2) is 6.04. The summed E-state index contributed by atoms with van der Waals surface area (Å²) in [5.74, 6) is 0. The highest BCUT2D eigenvalue weighted by molar-refractivity contribution is 6.44. The van der Waals surface area contributed by atoms with E-state index in [1.807, 2.05) is 11.7 Å². The Balaban J connectivity index is 2.14. The average molecular weight is 319 g/mol. The molecule has 0 saturated carbocycles. The lowest BCUT2D eigenvalue weighted by molar-refractivity contribution is 0.707. The third-order valence-corrected chi connectivity index (χ3v) is 3.89. The molecule has 1 N–H and O–H groups in total. The molecule has 1 heterocycles. The summed E-state index contributed by atoms with van der Waals surface area (Å²) < 4.78 is 1.86. The summed E-state index contributed by atoms with van der Waals surface area (Å²) in [5, 5.41) is 9.11. The quantitative estimate of drug-likeness (QED) is 0.838. The Bertz CT molecular complexity index is 593. The number of benzene rings is 1. The van der Waals surface area contributed by atoms with Crippen molar-refractivity contribution in [1.82, 2.24) is 9.78 Å². The molecule has 1 aromatic carbocycles. The number of nitrogens with zero attached hydrogens (tertiary/aromatic N) is 2. The maximum Gasteiger partial charge on any atom is 0.0653 e. The van der Waals surface area contributed by atoms with Crippen LogP contribution in [-0.2, 0) is 20.0 Å². The van der Waals surface area contributed by atoms with Gasteiger partial charge in [0.05, 0.1) is 38.7 Å². The Labute approximate surface area is 127 Å². The van der Waals surface area contributed by atoms with Crippen LogP contribution in [-0.4, -0.2) is 9.78 Å². The summed E-state index contributed by atoms with van der Waals surface area (Å²) >= 11 is 18.0. The van der Waals surface area contributed by atoms with Gasteiger partial charge in [0.1, 0.15) is 0 Å². The zero-order valence-electron chi connectivity index (χ0n) is 10.7. The maximum atomic E-state index is 6.11. The molecule has 0 aliphatic rings. The van der Waals surface area contributed by atoms with Crippen molar-refractivity contribution in [2.75, 3.05) is 5.32 Å². The first kappa shape index (κ1) is 14.5. The van der Waals surface area contributed by atoms with Crippen molar-refractivity contribution >= 4 is 40.5 Å². The van der Waals surface area contributed by atoms with Gasteiger partial charge in [-0.05, 0) is 24.6 Å². The zero-order valence-corrected chi connectivity index (χ0v) is 12.9. The second-order valence-electron chi connectivity index (χ2n) is 4.20. The molecule has 0 amide bonds. The number of hydrogen-bond acceptors (Lipinski definition) is 2. The number of halogens is 3. The van der Waals surface area contributed by atoms with Gasteiger partial charge in [-0.2, -0.15) is 5.10 Å². The smallest absolute Gasteiger partial charge is 0.0653 e. The predicted octanol–water partition coefficient (Wildman–Crippen LogP) is 4.55. The number of anilines is 1. The molecule has 0 aliphatic heterocycles. The van der Waals surface area contributed by atoms with E-state index in [0.29, 0.717) is 21.6 Å². The van der Waals surface area contributed by atoms with E-state index in [-0.39, 0.29) is 0 Å². The minimum atomic E-state index is 0.450. The van der Waals surface area contributed by atoms with Crippen LogP contribution >= 0.6 is 34.8 Å². The number of nitrogens with one attached hydrogen (secondary N) is 1. The largest absolute Gasteiger partial charge is 0.378 e. The van der Waals surface area contributed by atoms with E-state index in [9.17, 15) is 0 Å². The molecule has 0 unspecified atom stereocenters. The molecule has 0 saturated heterocycles. The fraction of sp³-hybridized carbons (Fsp3) is 0.308. The van der Waals surface area contributed by atoms with Gasteiger partial charge in [-0.3, -0.25) is 4.68 Å². The average Bonchev–Trinajstić information content (AvgIpc) is 2.73. The Morgan fingerprint density at radius 2 is 1.79 bits per heavy atom. The summed E-state index contributed by atoms with van der Waals surface area (Å²) in [6.07, 6.45) is 0.918. The summed E-state index contributed by atoms with van der Waals surface area (Å²) in [5.41, 5.74) is 2.91. The number of hydrogen-bond donors (Lipinski definition) is 1. The van der Waals surface area contributed by atoms with Gasteiger partial charge in [-0.25, -0.2) is 0 Å². The molecule has 6 heteroatoms. The van der Waals surface area contributed by atoms with Crippen LogP contribution in [0.15, 0.2) is 18.2 Å². The van der Waals surface area contributed by atoms with Crippen LogP contribution in [0, 0.1) is 0 Å². The molecule has 0 bridgehead atoms. The first-order valence-corrected chi connectivity index (χ1v) is 7.05. The van der Waals surface area contributed by atoms with Crippen molar-refractivity contribution in [2.24, 2.45) is 7.05 Å². The molecular formula is C13H14Cl3N3. The molecule has 102 valence electrons. The van der Waals surface area contributed by atoms with Crippen LogP contribution in [0.1, 0.15) is 18.3 Å². The Morgan fingerprint density at radius 3 is 2.42 bits per heavy atom. The van der Waals surface area contributed by atoms with Crippen LogP contribution in [0.5, 0.6) is 0 Å². The van der Waals surface area contributed by atoms with Crippen LogP contribution in [0.3, 0.4) is 0 Å². The minimum absolute atomic E-state index is 0.450. The fourth-order valence-corrected chi connectivity index (χ4v) is 2.37.